The number of aliphatic hydroxyl groups excluding tert-OH is 1. The summed E-state index contributed by atoms with van der Waals surface area (Å²) in [4.78, 5) is 3.83. The number of rotatable bonds is 3. The number of hydrogen-bond donors (Lipinski definition) is 1. The van der Waals surface area contributed by atoms with E-state index >= 15 is 0 Å². The topological polar surface area (TPSA) is 50.9 Å². The largest absolute Gasteiger partial charge is 0.416 e. The van der Waals surface area contributed by atoms with E-state index in [0.717, 1.165) is 0 Å². The van der Waals surface area contributed by atoms with Crippen molar-refractivity contribution in [1.82, 2.24) is 14.8 Å². The summed E-state index contributed by atoms with van der Waals surface area (Å²) in [5.74, 6) is -0.554. The third-order valence-electron chi connectivity index (χ3n) is 2.86. The van der Waals surface area contributed by atoms with E-state index in [1.807, 2.05) is 0 Å². The number of aliphatic hydroxyl groups is 1. The molecular weight excluding hydrogens is 278 g/mol. The fraction of sp³-hybridized carbons (Fsp3) is 0.333. The maximum Gasteiger partial charge on any atom is 0.416 e. The molecule has 1 N–H and O–H groups in total. The van der Waals surface area contributed by atoms with Crippen LogP contribution in [-0.2, 0) is 19.6 Å². The van der Waals surface area contributed by atoms with Crippen LogP contribution in [0.15, 0.2) is 24.5 Å². The molecule has 20 heavy (non-hydrogen) atoms. The first-order valence-corrected chi connectivity index (χ1v) is 5.66. The van der Waals surface area contributed by atoms with Crippen LogP contribution in [0.25, 0.3) is 0 Å². The molecule has 2 aromatic rings. The molecule has 1 aromatic heterocycles. The summed E-state index contributed by atoms with van der Waals surface area (Å²) in [6.45, 7) is 0. The first-order chi connectivity index (χ1) is 9.29. The van der Waals surface area contributed by atoms with Gasteiger partial charge in [0.15, 0.2) is 0 Å². The van der Waals surface area contributed by atoms with Crippen molar-refractivity contribution >= 4 is 0 Å². The van der Waals surface area contributed by atoms with Crippen molar-refractivity contribution in [2.45, 2.75) is 18.7 Å². The molecule has 0 fully saturated rings. The van der Waals surface area contributed by atoms with E-state index in [4.69, 9.17) is 0 Å². The fourth-order valence-corrected chi connectivity index (χ4v) is 1.76. The van der Waals surface area contributed by atoms with Crippen LogP contribution >= 0.6 is 0 Å². The van der Waals surface area contributed by atoms with Gasteiger partial charge in [0.1, 0.15) is 18.0 Å². The molecule has 0 bridgehead atoms. The number of aromatic nitrogens is 3. The zero-order valence-electron chi connectivity index (χ0n) is 10.4. The molecule has 1 atom stereocenters. The highest BCUT2D eigenvalue weighted by atomic mass is 19.4. The molecular formula is C12H11F4N3O. The van der Waals surface area contributed by atoms with Gasteiger partial charge in [0.05, 0.1) is 11.7 Å². The molecule has 108 valence electrons. The number of halogens is 4. The zero-order chi connectivity index (χ0) is 14.9. The Morgan fingerprint density at radius 3 is 2.60 bits per heavy atom. The monoisotopic (exact) mass is 289 g/mol. The lowest BCUT2D eigenvalue weighted by atomic mass is 10.0. The third kappa shape index (κ3) is 2.96. The molecule has 1 heterocycles. The molecule has 0 radical (unpaired) electrons. The summed E-state index contributed by atoms with van der Waals surface area (Å²) in [5.41, 5.74) is -1.42. The fourth-order valence-electron chi connectivity index (χ4n) is 1.76. The normalized spacial score (nSPS) is 13.5. The Balaban J connectivity index is 2.29. The summed E-state index contributed by atoms with van der Waals surface area (Å²) >= 11 is 0. The smallest absolute Gasteiger partial charge is 0.388 e. The van der Waals surface area contributed by atoms with Crippen molar-refractivity contribution in [3.63, 3.8) is 0 Å². The molecule has 1 unspecified atom stereocenters. The number of alkyl halides is 3. The van der Waals surface area contributed by atoms with Gasteiger partial charge in [-0.25, -0.2) is 9.37 Å². The van der Waals surface area contributed by atoms with Gasteiger partial charge in [-0.05, 0) is 18.2 Å². The number of benzene rings is 1. The highest BCUT2D eigenvalue weighted by Gasteiger charge is 2.32. The minimum atomic E-state index is -4.59. The Morgan fingerprint density at radius 2 is 2.05 bits per heavy atom. The molecule has 2 rings (SSSR count). The van der Waals surface area contributed by atoms with Crippen LogP contribution < -0.4 is 0 Å². The molecule has 1 aromatic carbocycles. The predicted molar refractivity (Wildman–Crippen MR) is 61.1 cm³/mol. The molecule has 0 aliphatic heterocycles. The van der Waals surface area contributed by atoms with Gasteiger partial charge in [-0.2, -0.15) is 18.3 Å². The van der Waals surface area contributed by atoms with E-state index in [0.29, 0.717) is 24.0 Å². The summed E-state index contributed by atoms with van der Waals surface area (Å²) in [6.07, 6.45) is -4.91. The Labute approximate surface area is 111 Å². The van der Waals surface area contributed by atoms with Crippen molar-refractivity contribution in [3.05, 3.63) is 47.3 Å². The van der Waals surface area contributed by atoms with Crippen molar-refractivity contribution in [2.24, 2.45) is 7.05 Å². The molecule has 0 saturated carbocycles. The van der Waals surface area contributed by atoms with Crippen molar-refractivity contribution in [2.75, 3.05) is 0 Å². The van der Waals surface area contributed by atoms with Crippen LogP contribution in [0.1, 0.15) is 23.1 Å². The standard InChI is InChI=1S/C12H11F4N3O/c1-19-11(17-6-18-19)5-10(20)8-4-7(12(14,15)16)2-3-9(8)13/h2-4,6,10,20H,5H2,1H3. The van der Waals surface area contributed by atoms with Gasteiger partial charge in [-0.1, -0.05) is 0 Å². The van der Waals surface area contributed by atoms with Crippen LogP contribution in [0, 0.1) is 5.82 Å². The Hall–Kier alpha value is -1.96. The molecule has 0 aliphatic carbocycles. The molecule has 4 nitrogen and oxygen atoms in total. The second-order valence-corrected chi connectivity index (χ2v) is 4.25. The molecule has 0 saturated heterocycles. The van der Waals surface area contributed by atoms with Crippen LogP contribution in [0.5, 0.6) is 0 Å². The summed E-state index contributed by atoms with van der Waals surface area (Å²) in [6, 6.07) is 1.93. The molecule has 0 spiro atoms. The van der Waals surface area contributed by atoms with Gasteiger partial charge in [0.2, 0.25) is 0 Å². The highest BCUT2D eigenvalue weighted by molar-refractivity contribution is 5.29. The highest BCUT2D eigenvalue weighted by Crippen LogP contribution is 2.32. The van der Waals surface area contributed by atoms with Crippen molar-refractivity contribution in [3.8, 4) is 0 Å². The van der Waals surface area contributed by atoms with Gasteiger partial charge >= 0.3 is 6.18 Å². The van der Waals surface area contributed by atoms with E-state index in [2.05, 4.69) is 10.1 Å². The zero-order valence-corrected chi connectivity index (χ0v) is 10.4. The van der Waals surface area contributed by atoms with Crippen molar-refractivity contribution in [1.29, 1.82) is 0 Å². The van der Waals surface area contributed by atoms with Crippen LogP contribution in [-0.4, -0.2) is 19.9 Å². The number of hydrogen-bond acceptors (Lipinski definition) is 3. The van der Waals surface area contributed by atoms with E-state index in [1.165, 1.54) is 11.0 Å². The lowest BCUT2D eigenvalue weighted by Gasteiger charge is -2.14. The van der Waals surface area contributed by atoms with Crippen LogP contribution in [0.4, 0.5) is 17.6 Å². The van der Waals surface area contributed by atoms with E-state index < -0.39 is 29.2 Å². The third-order valence-corrected chi connectivity index (χ3v) is 2.86. The second-order valence-electron chi connectivity index (χ2n) is 4.25. The van der Waals surface area contributed by atoms with Crippen LogP contribution in [0.2, 0.25) is 0 Å². The maximum atomic E-state index is 13.6. The Morgan fingerprint density at radius 1 is 1.35 bits per heavy atom. The molecule has 0 amide bonds. The lowest BCUT2D eigenvalue weighted by molar-refractivity contribution is -0.137. The second kappa shape index (κ2) is 5.20. The van der Waals surface area contributed by atoms with Gasteiger partial charge in [0, 0.05) is 19.0 Å². The first-order valence-electron chi connectivity index (χ1n) is 5.66. The van der Waals surface area contributed by atoms with Crippen molar-refractivity contribution < 1.29 is 22.7 Å². The predicted octanol–water partition coefficient (Wildman–Crippen LogP) is 2.25. The summed E-state index contributed by atoms with van der Waals surface area (Å²) in [5, 5.41) is 13.7. The number of nitrogens with zero attached hydrogens (tertiary/aromatic N) is 3. The quantitative estimate of drug-likeness (QED) is 0.882. The van der Waals surface area contributed by atoms with E-state index in [9.17, 15) is 22.7 Å². The van der Waals surface area contributed by atoms with Gasteiger partial charge in [-0.15, -0.1) is 0 Å². The van der Waals surface area contributed by atoms with Gasteiger partial charge in [0.25, 0.3) is 0 Å². The minimum absolute atomic E-state index is 0.130. The lowest BCUT2D eigenvalue weighted by Crippen LogP contribution is -2.12. The van der Waals surface area contributed by atoms with Gasteiger partial charge < -0.3 is 5.11 Å². The maximum absolute atomic E-state index is 13.6. The minimum Gasteiger partial charge on any atom is -0.388 e. The number of aryl methyl sites for hydroxylation is 1. The SMILES string of the molecule is Cn1ncnc1CC(O)c1cc(C(F)(F)F)ccc1F. The average Bonchev–Trinajstić information content (AvgIpc) is 2.74. The first kappa shape index (κ1) is 14.4. The van der Waals surface area contributed by atoms with E-state index in [-0.39, 0.29) is 6.42 Å². The summed E-state index contributed by atoms with van der Waals surface area (Å²) in [7, 11) is 1.57. The Bertz CT molecular complexity index is 609. The molecule has 0 aliphatic rings. The average molecular weight is 289 g/mol. The van der Waals surface area contributed by atoms with Crippen LogP contribution in [0.3, 0.4) is 0 Å². The van der Waals surface area contributed by atoms with E-state index in [1.54, 1.807) is 7.05 Å². The summed E-state index contributed by atoms with van der Waals surface area (Å²) < 4.78 is 52.6. The van der Waals surface area contributed by atoms with Gasteiger partial charge in [-0.3, -0.25) is 4.68 Å². The molecule has 8 heteroatoms. The Kier molecular flexibility index (Phi) is 3.76.